The summed E-state index contributed by atoms with van der Waals surface area (Å²) >= 11 is 5.88. The Kier molecular flexibility index (Phi) is 4.02. The van der Waals surface area contributed by atoms with Crippen LogP contribution in [0.3, 0.4) is 0 Å². The third-order valence-electron chi connectivity index (χ3n) is 3.46. The van der Waals surface area contributed by atoms with Crippen molar-refractivity contribution >= 4 is 17.3 Å². The van der Waals surface area contributed by atoms with E-state index in [2.05, 4.69) is 15.1 Å². The summed E-state index contributed by atoms with van der Waals surface area (Å²) in [5.41, 5.74) is 1.03. The number of halogens is 1. The molecule has 1 aromatic carbocycles. The molecule has 1 aliphatic heterocycles. The minimum absolute atomic E-state index is 0.277. The molecule has 104 valence electrons. The molecule has 1 aromatic heterocycles. The molecule has 1 aliphatic rings. The second-order valence-corrected chi connectivity index (χ2v) is 5.24. The predicted molar refractivity (Wildman–Crippen MR) is 79.3 cm³/mol. The Bertz CT molecular complexity index is 556. The van der Waals surface area contributed by atoms with Crippen LogP contribution in [0, 0.1) is 0 Å². The number of para-hydroxylation sites is 1. The van der Waals surface area contributed by atoms with Gasteiger partial charge in [0.2, 0.25) is 0 Å². The molecule has 20 heavy (non-hydrogen) atoms. The van der Waals surface area contributed by atoms with Gasteiger partial charge in [0.25, 0.3) is 0 Å². The molecule has 4 nitrogen and oxygen atoms in total. The predicted octanol–water partition coefficient (Wildman–Crippen LogP) is 3.18. The molecule has 1 saturated heterocycles. The fourth-order valence-electron chi connectivity index (χ4n) is 2.43. The van der Waals surface area contributed by atoms with E-state index in [1.165, 1.54) is 0 Å². The van der Waals surface area contributed by atoms with Crippen LogP contribution in [0.4, 0.5) is 5.69 Å². The van der Waals surface area contributed by atoms with Gasteiger partial charge in [0.1, 0.15) is 11.9 Å². The van der Waals surface area contributed by atoms with Crippen molar-refractivity contribution in [2.75, 3.05) is 18.0 Å². The molecule has 2 aromatic rings. The third kappa shape index (κ3) is 3.20. The van der Waals surface area contributed by atoms with E-state index in [4.69, 9.17) is 16.3 Å². The lowest BCUT2D eigenvalue weighted by Crippen LogP contribution is -2.38. The summed E-state index contributed by atoms with van der Waals surface area (Å²) < 4.78 is 5.98. The average molecular weight is 290 g/mol. The van der Waals surface area contributed by atoms with Gasteiger partial charge in [0, 0.05) is 32.0 Å². The molecule has 3 rings (SSSR count). The van der Waals surface area contributed by atoms with Crippen LogP contribution in [0.25, 0.3) is 0 Å². The number of hydrogen-bond acceptors (Lipinski definition) is 4. The molecule has 0 aliphatic carbocycles. The summed E-state index contributed by atoms with van der Waals surface area (Å²) in [5, 5.41) is 8.10. The Morgan fingerprint density at radius 2 is 1.90 bits per heavy atom. The van der Waals surface area contributed by atoms with Crippen molar-refractivity contribution in [2.24, 2.45) is 0 Å². The van der Waals surface area contributed by atoms with Gasteiger partial charge >= 0.3 is 0 Å². The molecule has 1 fully saturated rings. The molecule has 0 atom stereocenters. The first-order valence-corrected chi connectivity index (χ1v) is 7.14. The van der Waals surface area contributed by atoms with Gasteiger partial charge < -0.3 is 9.64 Å². The number of piperidine rings is 1. The van der Waals surface area contributed by atoms with E-state index < -0.39 is 0 Å². The zero-order chi connectivity index (χ0) is 13.8. The highest BCUT2D eigenvalue weighted by molar-refractivity contribution is 6.29. The fraction of sp³-hybridized carbons (Fsp3) is 0.333. The minimum Gasteiger partial charge on any atom is -0.490 e. The zero-order valence-electron chi connectivity index (χ0n) is 11.1. The first kappa shape index (κ1) is 13.2. The van der Waals surface area contributed by atoms with Gasteiger partial charge in [-0.05, 0) is 12.1 Å². The average Bonchev–Trinajstić information content (AvgIpc) is 2.49. The van der Waals surface area contributed by atoms with E-state index in [0.717, 1.165) is 37.4 Å². The standard InChI is InChI=1S/C15H16ClN3O/c16-15-10-12(11-17-18-15)19-8-6-14(7-9-19)20-13-4-2-1-3-5-13/h1-5,10-11,14H,6-9H2. The highest BCUT2D eigenvalue weighted by atomic mass is 35.5. The monoisotopic (exact) mass is 289 g/mol. The van der Waals surface area contributed by atoms with Crippen molar-refractivity contribution in [1.82, 2.24) is 10.2 Å². The van der Waals surface area contributed by atoms with Crippen molar-refractivity contribution in [3.8, 4) is 5.75 Å². The first-order valence-electron chi connectivity index (χ1n) is 6.76. The SMILES string of the molecule is Clc1cc(N2CCC(Oc3ccccc3)CC2)cnn1. The Morgan fingerprint density at radius 1 is 1.15 bits per heavy atom. The lowest BCUT2D eigenvalue weighted by Gasteiger charge is -2.33. The lowest BCUT2D eigenvalue weighted by atomic mass is 10.1. The summed E-state index contributed by atoms with van der Waals surface area (Å²) in [5.74, 6) is 0.944. The molecule has 0 spiro atoms. The Hall–Kier alpha value is -1.81. The molecular weight excluding hydrogens is 274 g/mol. The number of benzene rings is 1. The van der Waals surface area contributed by atoms with E-state index in [9.17, 15) is 0 Å². The number of anilines is 1. The first-order chi connectivity index (χ1) is 9.81. The summed E-state index contributed by atoms with van der Waals surface area (Å²) in [4.78, 5) is 2.27. The van der Waals surface area contributed by atoms with Gasteiger partial charge in [-0.3, -0.25) is 0 Å². The normalized spacial score (nSPS) is 16.1. The van der Waals surface area contributed by atoms with Gasteiger partial charge in [-0.25, -0.2) is 0 Å². The highest BCUT2D eigenvalue weighted by Gasteiger charge is 2.21. The maximum absolute atomic E-state index is 5.98. The Labute approximate surface area is 123 Å². The third-order valence-corrected chi connectivity index (χ3v) is 3.65. The summed E-state index contributed by atoms with van der Waals surface area (Å²) in [7, 11) is 0. The van der Waals surface area contributed by atoms with Crippen molar-refractivity contribution < 1.29 is 4.74 Å². The van der Waals surface area contributed by atoms with Crippen LogP contribution in [-0.2, 0) is 0 Å². The largest absolute Gasteiger partial charge is 0.490 e. The van der Waals surface area contributed by atoms with E-state index in [-0.39, 0.29) is 6.10 Å². The number of aromatic nitrogens is 2. The molecule has 5 heteroatoms. The summed E-state index contributed by atoms with van der Waals surface area (Å²) in [6, 6.07) is 11.8. The van der Waals surface area contributed by atoms with Crippen LogP contribution in [0.5, 0.6) is 5.75 Å². The molecule has 0 bridgehead atoms. The molecule has 0 radical (unpaired) electrons. The Morgan fingerprint density at radius 3 is 2.60 bits per heavy atom. The van der Waals surface area contributed by atoms with E-state index in [0.29, 0.717) is 5.15 Å². The number of nitrogens with zero attached hydrogens (tertiary/aromatic N) is 3. The fourth-order valence-corrected chi connectivity index (χ4v) is 2.58. The second-order valence-electron chi connectivity index (χ2n) is 4.85. The van der Waals surface area contributed by atoms with E-state index in [1.807, 2.05) is 36.4 Å². The van der Waals surface area contributed by atoms with Crippen LogP contribution in [-0.4, -0.2) is 29.4 Å². The van der Waals surface area contributed by atoms with Crippen LogP contribution >= 0.6 is 11.6 Å². The topological polar surface area (TPSA) is 38.2 Å². The van der Waals surface area contributed by atoms with Crippen molar-refractivity contribution in [2.45, 2.75) is 18.9 Å². The summed E-state index contributed by atoms with van der Waals surface area (Å²) in [6.07, 6.45) is 4.02. The minimum atomic E-state index is 0.277. The quantitative estimate of drug-likeness (QED) is 0.870. The van der Waals surface area contributed by atoms with Crippen LogP contribution in [0.2, 0.25) is 5.15 Å². The Balaban J connectivity index is 1.57. The molecule has 0 saturated carbocycles. The van der Waals surface area contributed by atoms with Crippen LogP contribution < -0.4 is 9.64 Å². The van der Waals surface area contributed by atoms with Crippen molar-refractivity contribution in [1.29, 1.82) is 0 Å². The maximum atomic E-state index is 5.98. The van der Waals surface area contributed by atoms with Crippen LogP contribution in [0.15, 0.2) is 42.6 Å². The zero-order valence-corrected chi connectivity index (χ0v) is 11.8. The van der Waals surface area contributed by atoms with Crippen molar-refractivity contribution in [3.05, 3.63) is 47.7 Å². The van der Waals surface area contributed by atoms with Crippen LogP contribution in [0.1, 0.15) is 12.8 Å². The van der Waals surface area contributed by atoms with Crippen molar-refractivity contribution in [3.63, 3.8) is 0 Å². The molecule has 0 N–H and O–H groups in total. The lowest BCUT2D eigenvalue weighted by molar-refractivity contribution is 0.171. The van der Waals surface area contributed by atoms with E-state index >= 15 is 0 Å². The van der Waals surface area contributed by atoms with Gasteiger partial charge in [0.05, 0.1) is 11.9 Å². The number of rotatable bonds is 3. The van der Waals surface area contributed by atoms with Gasteiger partial charge in [-0.2, -0.15) is 5.10 Å². The van der Waals surface area contributed by atoms with Gasteiger partial charge in [0.15, 0.2) is 5.15 Å². The maximum Gasteiger partial charge on any atom is 0.153 e. The highest BCUT2D eigenvalue weighted by Crippen LogP contribution is 2.23. The van der Waals surface area contributed by atoms with Gasteiger partial charge in [-0.1, -0.05) is 29.8 Å². The van der Waals surface area contributed by atoms with E-state index in [1.54, 1.807) is 6.20 Å². The molecule has 0 unspecified atom stereocenters. The smallest absolute Gasteiger partial charge is 0.153 e. The van der Waals surface area contributed by atoms with Gasteiger partial charge in [-0.15, -0.1) is 5.10 Å². The molecular formula is C15H16ClN3O. The molecule has 2 heterocycles. The summed E-state index contributed by atoms with van der Waals surface area (Å²) in [6.45, 7) is 1.89. The molecule has 0 amide bonds. The second kappa shape index (κ2) is 6.09. The number of ether oxygens (including phenoxy) is 1. The number of hydrogen-bond donors (Lipinski definition) is 0.